The molecule has 0 aliphatic carbocycles. The van der Waals surface area contributed by atoms with E-state index in [9.17, 15) is 9.59 Å². The van der Waals surface area contributed by atoms with E-state index < -0.39 is 17.7 Å². The van der Waals surface area contributed by atoms with Crippen molar-refractivity contribution in [1.29, 1.82) is 0 Å². The van der Waals surface area contributed by atoms with E-state index in [1.165, 1.54) is 0 Å². The molecule has 1 fully saturated rings. The Morgan fingerprint density at radius 3 is 2.78 bits per heavy atom. The van der Waals surface area contributed by atoms with Crippen LogP contribution < -0.4 is 11.2 Å². The molecule has 1 rings (SSSR count). The number of rotatable bonds is 1. The zero-order chi connectivity index (χ0) is 6.85. The van der Waals surface area contributed by atoms with Crippen molar-refractivity contribution in [2.45, 2.75) is 0 Å². The topological polar surface area (TPSA) is 81.4 Å². The minimum Gasteiger partial charge on any atom is -0.369 e. The van der Waals surface area contributed by atoms with Crippen molar-refractivity contribution in [2.75, 3.05) is 6.61 Å². The van der Waals surface area contributed by atoms with E-state index in [0.29, 0.717) is 0 Å². The third-order valence-electron chi connectivity index (χ3n) is 1.08. The van der Waals surface area contributed by atoms with Gasteiger partial charge in [0, 0.05) is 0 Å². The third kappa shape index (κ3) is 0.996. The number of carbonyl (C=O) groups is 2. The van der Waals surface area contributed by atoms with Crippen molar-refractivity contribution in [1.82, 2.24) is 5.48 Å². The van der Waals surface area contributed by atoms with E-state index in [-0.39, 0.29) is 6.61 Å². The summed E-state index contributed by atoms with van der Waals surface area (Å²) in [7, 11) is 0. The van der Waals surface area contributed by atoms with Gasteiger partial charge in [-0.25, -0.2) is 5.48 Å². The van der Waals surface area contributed by atoms with Crippen LogP contribution in [0.1, 0.15) is 0 Å². The first-order valence-corrected chi connectivity index (χ1v) is 2.43. The van der Waals surface area contributed by atoms with E-state index in [4.69, 9.17) is 5.73 Å². The highest BCUT2D eigenvalue weighted by Crippen LogP contribution is 2.01. The van der Waals surface area contributed by atoms with Gasteiger partial charge in [0.15, 0.2) is 0 Å². The van der Waals surface area contributed by atoms with Crippen LogP contribution >= 0.6 is 0 Å². The number of nitrogens with one attached hydrogen (secondary N) is 1. The Balaban J connectivity index is 2.60. The Labute approximate surface area is 51.1 Å². The van der Waals surface area contributed by atoms with Crippen LogP contribution in [0.4, 0.5) is 0 Å². The first kappa shape index (κ1) is 6.03. The minimum absolute atomic E-state index is 0.0498. The van der Waals surface area contributed by atoms with Gasteiger partial charge in [-0.1, -0.05) is 0 Å². The smallest absolute Gasteiger partial charge is 0.258 e. The Hall–Kier alpha value is -1.10. The maximum absolute atomic E-state index is 10.5. The predicted molar refractivity (Wildman–Crippen MR) is 26.8 cm³/mol. The van der Waals surface area contributed by atoms with Crippen LogP contribution in [-0.2, 0) is 14.4 Å². The molecule has 5 heteroatoms. The van der Waals surface area contributed by atoms with Gasteiger partial charge in [-0.2, -0.15) is 0 Å². The lowest BCUT2D eigenvalue weighted by molar-refractivity contribution is -0.131. The summed E-state index contributed by atoms with van der Waals surface area (Å²) in [5.74, 6) is -1.91. The largest absolute Gasteiger partial charge is 0.369 e. The molecular weight excluding hydrogens is 124 g/mol. The molecule has 0 aromatic carbocycles. The van der Waals surface area contributed by atoms with E-state index in [2.05, 4.69) is 4.84 Å². The van der Waals surface area contributed by atoms with Gasteiger partial charge < -0.3 is 5.73 Å². The van der Waals surface area contributed by atoms with Gasteiger partial charge in [0.1, 0.15) is 5.92 Å². The second-order valence-corrected chi connectivity index (χ2v) is 1.73. The van der Waals surface area contributed by atoms with Gasteiger partial charge in [0.2, 0.25) is 5.91 Å². The lowest BCUT2D eigenvalue weighted by atomic mass is 10.1. The molecule has 0 saturated carbocycles. The van der Waals surface area contributed by atoms with Crippen molar-refractivity contribution < 1.29 is 14.4 Å². The summed E-state index contributed by atoms with van der Waals surface area (Å²) in [5, 5.41) is 0. The first-order chi connectivity index (χ1) is 4.22. The van der Waals surface area contributed by atoms with Gasteiger partial charge in [-0.05, 0) is 0 Å². The molecule has 0 aromatic heterocycles. The van der Waals surface area contributed by atoms with Gasteiger partial charge in [0.05, 0.1) is 6.61 Å². The predicted octanol–water partition coefficient (Wildman–Crippen LogP) is -1.85. The Morgan fingerprint density at radius 1 is 1.89 bits per heavy atom. The molecule has 50 valence electrons. The molecule has 0 spiro atoms. The van der Waals surface area contributed by atoms with Gasteiger partial charge in [0.25, 0.3) is 5.91 Å². The van der Waals surface area contributed by atoms with Crippen LogP contribution in [0, 0.1) is 5.92 Å². The fourth-order valence-electron chi connectivity index (χ4n) is 0.554. The van der Waals surface area contributed by atoms with Crippen LogP contribution in [0.15, 0.2) is 0 Å². The minimum atomic E-state index is -0.801. The van der Waals surface area contributed by atoms with Gasteiger partial charge in [-0.15, -0.1) is 0 Å². The number of carbonyl (C=O) groups excluding carboxylic acids is 2. The highest BCUT2D eigenvalue weighted by Gasteiger charge is 2.30. The molecule has 0 radical (unpaired) electrons. The number of hydrogen-bond donors (Lipinski definition) is 2. The van der Waals surface area contributed by atoms with Crippen molar-refractivity contribution in [3.63, 3.8) is 0 Å². The maximum Gasteiger partial charge on any atom is 0.258 e. The lowest BCUT2D eigenvalue weighted by Gasteiger charge is -1.93. The Kier molecular flexibility index (Phi) is 1.35. The molecule has 1 aliphatic rings. The summed E-state index contributed by atoms with van der Waals surface area (Å²) in [4.78, 5) is 25.2. The molecule has 1 atom stereocenters. The summed E-state index contributed by atoms with van der Waals surface area (Å²) >= 11 is 0. The summed E-state index contributed by atoms with van der Waals surface area (Å²) < 4.78 is 0. The number of primary amides is 1. The van der Waals surface area contributed by atoms with E-state index in [0.717, 1.165) is 0 Å². The third-order valence-corrected chi connectivity index (χ3v) is 1.08. The van der Waals surface area contributed by atoms with Crippen molar-refractivity contribution in [3.8, 4) is 0 Å². The molecule has 1 aliphatic heterocycles. The highest BCUT2D eigenvalue weighted by atomic mass is 16.7. The second kappa shape index (κ2) is 2.02. The zero-order valence-corrected chi connectivity index (χ0v) is 4.59. The molecule has 1 heterocycles. The number of hydroxylamine groups is 1. The first-order valence-electron chi connectivity index (χ1n) is 2.43. The van der Waals surface area contributed by atoms with E-state index >= 15 is 0 Å². The summed E-state index contributed by atoms with van der Waals surface area (Å²) in [5.41, 5.74) is 6.82. The van der Waals surface area contributed by atoms with Gasteiger partial charge >= 0.3 is 0 Å². The number of hydrogen-bond acceptors (Lipinski definition) is 3. The van der Waals surface area contributed by atoms with E-state index in [1.807, 2.05) is 5.48 Å². The van der Waals surface area contributed by atoms with Crippen LogP contribution in [0.2, 0.25) is 0 Å². The molecule has 0 aromatic rings. The molecule has 0 bridgehead atoms. The molecule has 1 saturated heterocycles. The lowest BCUT2D eigenvalue weighted by Crippen LogP contribution is -2.31. The van der Waals surface area contributed by atoms with Crippen molar-refractivity contribution in [2.24, 2.45) is 11.7 Å². The zero-order valence-electron chi connectivity index (χ0n) is 4.59. The van der Waals surface area contributed by atoms with Crippen LogP contribution in [-0.4, -0.2) is 18.4 Å². The number of amides is 2. The fraction of sp³-hybridized carbons (Fsp3) is 0.500. The SMILES string of the molecule is NC(=O)[C@H]1CONC1=O. The molecule has 3 N–H and O–H groups in total. The second-order valence-electron chi connectivity index (χ2n) is 1.73. The van der Waals surface area contributed by atoms with E-state index in [1.54, 1.807) is 0 Å². The normalized spacial score (nSPS) is 25.8. The number of nitrogens with two attached hydrogens (primary N) is 1. The van der Waals surface area contributed by atoms with Gasteiger partial charge in [-0.3, -0.25) is 14.4 Å². The summed E-state index contributed by atoms with van der Waals surface area (Å²) in [6.45, 7) is 0.0498. The molecule has 0 unspecified atom stereocenters. The molecular formula is C4H6N2O3. The molecule has 5 nitrogen and oxygen atoms in total. The van der Waals surface area contributed by atoms with Crippen LogP contribution in [0.3, 0.4) is 0 Å². The average molecular weight is 130 g/mol. The quantitative estimate of drug-likeness (QED) is 0.409. The highest BCUT2D eigenvalue weighted by molar-refractivity contribution is 6.00. The molecule has 2 amide bonds. The average Bonchev–Trinajstić information content (AvgIpc) is 2.13. The summed E-state index contributed by atoms with van der Waals surface area (Å²) in [6, 6.07) is 0. The standard InChI is InChI=1S/C4H6N2O3/c5-3(7)2-1-9-6-4(2)8/h2H,1H2,(H2,5,7)(H,6,8)/t2-/m1/s1. The van der Waals surface area contributed by atoms with Crippen molar-refractivity contribution in [3.05, 3.63) is 0 Å². The Bertz CT molecular complexity index is 156. The monoisotopic (exact) mass is 130 g/mol. The Morgan fingerprint density at radius 2 is 2.56 bits per heavy atom. The van der Waals surface area contributed by atoms with Crippen molar-refractivity contribution >= 4 is 11.8 Å². The fourth-order valence-corrected chi connectivity index (χ4v) is 0.554. The molecule has 9 heavy (non-hydrogen) atoms. The van der Waals surface area contributed by atoms with Crippen LogP contribution in [0.25, 0.3) is 0 Å². The summed E-state index contributed by atoms with van der Waals surface area (Å²) in [6.07, 6.45) is 0. The van der Waals surface area contributed by atoms with Crippen LogP contribution in [0.5, 0.6) is 0 Å². The maximum atomic E-state index is 10.5.